The van der Waals surface area contributed by atoms with Crippen LogP contribution in [-0.2, 0) is 14.3 Å². The van der Waals surface area contributed by atoms with Crippen molar-refractivity contribution in [3.8, 4) is 0 Å². The summed E-state index contributed by atoms with van der Waals surface area (Å²) in [6.07, 6.45) is 1.91. The standard InChI is InChI=1S/C3H6O3S.C3H8.C2H7N.CH4O.2CH4.BrH/c4-7(5)3-1-2-6-7;2*1-3-2;1-2;;;/h1-3H2;3H2,1-2H3;3H,1-2H3;2H,1H3;2*1H4;1H/p-1. The van der Waals surface area contributed by atoms with Crippen LogP contribution >= 0.6 is 0 Å². The second kappa shape index (κ2) is 30.4. The molecule has 1 aliphatic heterocycles. The van der Waals surface area contributed by atoms with Gasteiger partial charge in [-0.05, 0) is 20.5 Å². The second-order valence-corrected chi connectivity index (χ2v) is 4.40. The molecular weight excluding hydrogens is 322 g/mol. The number of hydrogen-bond acceptors (Lipinski definition) is 5. The van der Waals surface area contributed by atoms with E-state index in [1.165, 1.54) is 6.42 Å². The summed E-state index contributed by atoms with van der Waals surface area (Å²) in [6.45, 7) is 4.63. The zero-order valence-electron chi connectivity index (χ0n) is 10.8. The summed E-state index contributed by atoms with van der Waals surface area (Å²) >= 11 is 0. The quantitative estimate of drug-likeness (QED) is 0.538. The highest BCUT2D eigenvalue weighted by atomic mass is 79.9. The number of hydrogen-bond donors (Lipinski definition) is 2. The first kappa shape index (κ1) is 36.2. The molecule has 0 saturated carbocycles. The van der Waals surface area contributed by atoms with Crippen molar-refractivity contribution in [1.29, 1.82) is 0 Å². The molecule has 2 N–H and O–H groups in total. The molecule has 0 aromatic carbocycles. The molecule has 18 heavy (non-hydrogen) atoms. The minimum absolute atomic E-state index is 0. The van der Waals surface area contributed by atoms with Crippen molar-refractivity contribution in [2.75, 3.05) is 33.6 Å². The Labute approximate surface area is 125 Å². The van der Waals surface area contributed by atoms with Crippen LogP contribution in [0.25, 0.3) is 0 Å². The predicted molar refractivity (Wildman–Crippen MR) is 76.9 cm³/mol. The fraction of sp³-hybridized carbons (Fsp3) is 1.00. The van der Waals surface area contributed by atoms with E-state index in [0.29, 0.717) is 13.0 Å². The van der Waals surface area contributed by atoms with Gasteiger partial charge in [-0.1, -0.05) is 35.1 Å². The SMILES string of the molecule is C.C.CCC.CNC.CO.O=S1(=O)CCCO1.[Br-]. The molecule has 120 valence electrons. The molecule has 0 unspecified atom stereocenters. The highest BCUT2D eigenvalue weighted by molar-refractivity contribution is 7.86. The molecule has 0 radical (unpaired) electrons. The zero-order chi connectivity index (χ0) is 12.7. The molecule has 0 bridgehead atoms. The van der Waals surface area contributed by atoms with Gasteiger partial charge in [0, 0.05) is 7.11 Å². The molecule has 1 heterocycles. The molecule has 1 fully saturated rings. The lowest BCUT2D eigenvalue weighted by Gasteiger charge is -1.83. The molecule has 0 aromatic rings. The second-order valence-electron chi connectivity index (χ2n) is 2.64. The first-order valence-corrected chi connectivity index (χ1v) is 6.52. The van der Waals surface area contributed by atoms with Crippen molar-refractivity contribution < 1.29 is 34.7 Å². The van der Waals surface area contributed by atoms with E-state index in [9.17, 15) is 8.42 Å². The van der Waals surface area contributed by atoms with Crippen LogP contribution in [0.5, 0.6) is 0 Å². The van der Waals surface area contributed by atoms with Crippen LogP contribution < -0.4 is 22.3 Å². The molecule has 5 nitrogen and oxygen atoms in total. The van der Waals surface area contributed by atoms with E-state index in [-0.39, 0.29) is 37.6 Å². The van der Waals surface area contributed by atoms with Crippen LogP contribution in [0.15, 0.2) is 0 Å². The van der Waals surface area contributed by atoms with Crippen LogP contribution in [0.3, 0.4) is 0 Å². The Morgan fingerprint density at radius 3 is 1.50 bits per heavy atom. The van der Waals surface area contributed by atoms with Gasteiger partial charge in [0.05, 0.1) is 12.4 Å². The highest BCUT2D eigenvalue weighted by Gasteiger charge is 2.16. The van der Waals surface area contributed by atoms with E-state index in [0.717, 1.165) is 7.11 Å². The average Bonchev–Trinajstić information content (AvgIpc) is 2.56. The van der Waals surface area contributed by atoms with Crippen LogP contribution in [0.1, 0.15) is 41.5 Å². The molecular formula is C11H33BrNO4S-. The van der Waals surface area contributed by atoms with Crippen molar-refractivity contribution in [3.05, 3.63) is 0 Å². The fourth-order valence-electron chi connectivity index (χ4n) is 0.481. The van der Waals surface area contributed by atoms with Crippen LogP contribution in [0.4, 0.5) is 0 Å². The molecule has 1 rings (SSSR count). The molecule has 0 atom stereocenters. The van der Waals surface area contributed by atoms with Gasteiger partial charge in [0.2, 0.25) is 0 Å². The number of aliphatic hydroxyl groups excluding tert-OH is 1. The van der Waals surface area contributed by atoms with E-state index < -0.39 is 10.1 Å². The summed E-state index contributed by atoms with van der Waals surface area (Å²) < 4.78 is 24.7. The smallest absolute Gasteiger partial charge is 0.267 e. The summed E-state index contributed by atoms with van der Waals surface area (Å²) in [4.78, 5) is 0. The first-order valence-electron chi connectivity index (χ1n) is 4.94. The van der Waals surface area contributed by atoms with E-state index in [1.807, 2.05) is 14.1 Å². The van der Waals surface area contributed by atoms with Gasteiger partial charge < -0.3 is 27.4 Å². The average molecular weight is 355 g/mol. The number of rotatable bonds is 0. The molecule has 0 aromatic heterocycles. The summed E-state index contributed by atoms with van der Waals surface area (Å²) in [5.41, 5.74) is 0. The van der Waals surface area contributed by atoms with Gasteiger partial charge in [0.1, 0.15) is 0 Å². The fourth-order valence-corrected chi connectivity index (χ4v) is 1.44. The van der Waals surface area contributed by atoms with Crippen molar-refractivity contribution in [1.82, 2.24) is 5.32 Å². The van der Waals surface area contributed by atoms with Gasteiger partial charge >= 0.3 is 0 Å². The van der Waals surface area contributed by atoms with E-state index in [4.69, 9.17) is 5.11 Å². The van der Waals surface area contributed by atoms with Gasteiger partial charge in [-0.3, -0.25) is 4.18 Å². The molecule has 0 amide bonds. The Hall–Kier alpha value is 0.310. The third kappa shape index (κ3) is 44.1. The van der Waals surface area contributed by atoms with Crippen molar-refractivity contribution in [3.63, 3.8) is 0 Å². The number of halogens is 1. The van der Waals surface area contributed by atoms with Crippen LogP contribution in [0.2, 0.25) is 0 Å². The topological polar surface area (TPSA) is 75.6 Å². The summed E-state index contributed by atoms with van der Waals surface area (Å²) in [5, 5.41) is 9.75. The van der Waals surface area contributed by atoms with Crippen molar-refractivity contribution in [2.45, 2.75) is 41.5 Å². The molecule has 0 aliphatic carbocycles. The van der Waals surface area contributed by atoms with Gasteiger partial charge in [0.25, 0.3) is 10.1 Å². The minimum atomic E-state index is -3.05. The van der Waals surface area contributed by atoms with Gasteiger partial charge in [-0.25, -0.2) is 0 Å². The summed E-state index contributed by atoms with van der Waals surface area (Å²) in [7, 11) is 1.70. The lowest BCUT2D eigenvalue weighted by atomic mass is 10.5. The third-order valence-corrected chi connectivity index (χ3v) is 2.12. The Morgan fingerprint density at radius 1 is 1.17 bits per heavy atom. The maximum absolute atomic E-state index is 10.2. The van der Waals surface area contributed by atoms with Crippen LogP contribution in [-0.4, -0.2) is 47.1 Å². The summed E-state index contributed by atoms with van der Waals surface area (Å²) in [5.74, 6) is 0.201. The predicted octanol–water partition coefficient (Wildman–Crippen LogP) is -1.13. The Morgan fingerprint density at radius 2 is 1.44 bits per heavy atom. The Bertz CT molecular complexity index is 173. The molecule has 0 spiro atoms. The minimum Gasteiger partial charge on any atom is -1.00 e. The van der Waals surface area contributed by atoms with Crippen molar-refractivity contribution >= 4 is 10.1 Å². The maximum Gasteiger partial charge on any atom is 0.267 e. The van der Waals surface area contributed by atoms with Crippen molar-refractivity contribution in [2.24, 2.45) is 0 Å². The number of aliphatic hydroxyl groups is 1. The highest BCUT2D eigenvalue weighted by Crippen LogP contribution is 2.04. The molecule has 1 saturated heterocycles. The zero-order valence-corrected chi connectivity index (χ0v) is 13.2. The molecule has 1 aliphatic rings. The summed E-state index contributed by atoms with van der Waals surface area (Å²) in [6, 6.07) is 0. The normalized spacial score (nSPS) is 13.2. The van der Waals surface area contributed by atoms with Crippen LogP contribution in [0, 0.1) is 0 Å². The molecule has 7 heteroatoms. The van der Waals surface area contributed by atoms with E-state index in [1.54, 1.807) is 0 Å². The monoisotopic (exact) mass is 354 g/mol. The third-order valence-electron chi connectivity index (χ3n) is 0.802. The lowest BCUT2D eigenvalue weighted by molar-refractivity contribution is -0.00000869. The maximum atomic E-state index is 10.2. The first-order chi connectivity index (χ1) is 7.04. The van der Waals surface area contributed by atoms with E-state index >= 15 is 0 Å². The largest absolute Gasteiger partial charge is 1.00 e. The lowest BCUT2D eigenvalue weighted by Crippen LogP contribution is -3.00. The van der Waals surface area contributed by atoms with Gasteiger partial charge in [0.15, 0.2) is 0 Å². The Balaban J connectivity index is -0.0000000290. The number of nitrogens with one attached hydrogen (secondary N) is 1. The Kier molecular flexibility index (Phi) is 61.1. The van der Waals surface area contributed by atoms with Gasteiger partial charge in [-0.2, -0.15) is 8.42 Å². The van der Waals surface area contributed by atoms with Gasteiger partial charge in [-0.15, -0.1) is 0 Å². The van der Waals surface area contributed by atoms with E-state index in [2.05, 4.69) is 23.3 Å².